The summed E-state index contributed by atoms with van der Waals surface area (Å²) in [6, 6.07) is 7.86. The second-order valence-electron chi connectivity index (χ2n) is 5.55. The van der Waals surface area contributed by atoms with Crippen molar-refractivity contribution >= 4 is 5.91 Å². The average molecular weight is 292 g/mol. The van der Waals surface area contributed by atoms with Crippen LogP contribution in [0.25, 0.3) is 0 Å². The quantitative estimate of drug-likeness (QED) is 0.831. The molecule has 0 spiro atoms. The lowest BCUT2D eigenvalue weighted by Gasteiger charge is -2.17. The van der Waals surface area contributed by atoms with E-state index in [1.807, 2.05) is 38.1 Å². The summed E-state index contributed by atoms with van der Waals surface area (Å²) >= 11 is 0. The molecular formula is C16H24N2O3. The van der Waals surface area contributed by atoms with Crippen LogP contribution in [0, 0.1) is 6.92 Å². The zero-order valence-electron chi connectivity index (χ0n) is 12.7. The lowest BCUT2D eigenvalue weighted by molar-refractivity contribution is -0.132. The number of carbonyl (C=O) groups excluding carboxylic acids is 1. The largest absolute Gasteiger partial charge is 0.489 e. The number of hydrogen-bond donors (Lipinski definition) is 2. The smallest absolute Gasteiger partial charge is 0.249 e. The molecule has 5 nitrogen and oxygen atoms in total. The maximum absolute atomic E-state index is 12.0. The molecule has 1 aromatic carbocycles. The Morgan fingerprint density at radius 2 is 2.14 bits per heavy atom. The molecule has 21 heavy (non-hydrogen) atoms. The number of carbonyl (C=O) groups is 1. The van der Waals surface area contributed by atoms with Crippen molar-refractivity contribution in [1.82, 2.24) is 5.32 Å². The highest BCUT2D eigenvalue weighted by atomic mass is 16.5. The summed E-state index contributed by atoms with van der Waals surface area (Å²) in [7, 11) is 0. The van der Waals surface area contributed by atoms with Crippen molar-refractivity contribution in [3.63, 3.8) is 0 Å². The SMILES string of the molecule is Cc1ccc(OC(C)CNC(=O)[C@@H]2CC[C@H](CN)O2)cc1. The molecule has 116 valence electrons. The van der Waals surface area contributed by atoms with Gasteiger partial charge in [-0.1, -0.05) is 17.7 Å². The average Bonchev–Trinajstić information content (AvgIpc) is 2.96. The molecule has 0 aromatic heterocycles. The molecular weight excluding hydrogens is 268 g/mol. The Bertz CT molecular complexity index is 461. The number of benzene rings is 1. The summed E-state index contributed by atoms with van der Waals surface area (Å²) in [5.41, 5.74) is 6.73. The Balaban J connectivity index is 1.72. The molecule has 1 unspecified atom stereocenters. The second-order valence-corrected chi connectivity index (χ2v) is 5.55. The third-order valence-corrected chi connectivity index (χ3v) is 3.58. The topological polar surface area (TPSA) is 73.6 Å². The molecule has 1 aromatic rings. The van der Waals surface area contributed by atoms with Crippen LogP contribution in [0.15, 0.2) is 24.3 Å². The monoisotopic (exact) mass is 292 g/mol. The normalized spacial score (nSPS) is 22.8. The molecule has 1 saturated heterocycles. The second kappa shape index (κ2) is 7.43. The van der Waals surface area contributed by atoms with Crippen LogP contribution in [-0.2, 0) is 9.53 Å². The van der Waals surface area contributed by atoms with Gasteiger partial charge in [0, 0.05) is 6.54 Å². The van der Waals surface area contributed by atoms with Gasteiger partial charge < -0.3 is 20.5 Å². The number of nitrogens with one attached hydrogen (secondary N) is 1. The Labute approximate surface area is 125 Å². The van der Waals surface area contributed by atoms with Gasteiger partial charge in [0.2, 0.25) is 5.91 Å². The Morgan fingerprint density at radius 3 is 2.76 bits per heavy atom. The van der Waals surface area contributed by atoms with Crippen LogP contribution in [0.3, 0.4) is 0 Å². The minimum atomic E-state index is -0.370. The van der Waals surface area contributed by atoms with Crippen molar-refractivity contribution in [2.75, 3.05) is 13.1 Å². The molecule has 2 rings (SSSR count). The summed E-state index contributed by atoms with van der Waals surface area (Å²) < 4.78 is 11.3. The fourth-order valence-electron chi connectivity index (χ4n) is 2.32. The molecule has 5 heteroatoms. The highest BCUT2D eigenvalue weighted by molar-refractivity contribution is 5.81. The molecule has 0 radical (unpaired) electrons. The van der Waals surface area contributed by atoms with Gasteiger partial charge in [-0.25, -0.2) is 0 Å². The van der Waals surface area contributed by atoms with Crippen molar-refractivity contribution in [2.24, 2.45) is 5.73 Å². The van der Waals surface area contributed by atoms with Gasteiger partial charge in [-0.15, -0.1) is 0 Å². The molecule has 0 aliphatic carbocycles. The number of amides is 1. The van der Waals surface area contributed by atoms with Gasteiger partial charge in [0.25, 0.3) is 0 Å². The fraction of sp³-hybridized carbons (Fsp3) is 0.562. The number of aryl methyl sites for hydroxylation is 1. The third kappa shape index (κ3) is 4.72. The van der Waals surface area contributed by atoms with Gasteiger partial charge in [-0.05, 0) is 38.8 Å². The van der Waals surface area contributed by atoms with E-state index in [0.717, 1.165) is 18.6 Å². The van der Waals surface area contributed by atoms with Crippen LogP contribution < -0.4 is 15.8 Å². The maximum Gasteiger partial charge on any atom is 0.249 e. The van der Waals surface area contributed by atoms with Crippen LogP contribution in [0.1, 0.15) is 25.3 Å². The lowest BCUT2D eigenvalue weighted by atomic mass is 10.2. The highest BCUT2D eigenvalue weighted by Crippen LogP contribution is 2.19. The van der Waals surface area contributed by atoms with Gasteiger partial charge in [0.15, 0.2) is 0 Å². The molecule has 1 heterocycles. The molecule has 1 aliphatic heterocycles. The van der Waals surface area contributed by atoms with Crippen LogP contribution in [-0.4, -0.2) is 37.3 Å². The fourth-order valence-corrected chi connectivity index (χ4v) is 2.32. The summed E-state index contributed by atoms with van der Waals surface area (Å²) in [6.07, 6.45) is 1.14. The summed E-state index contributed by atoms with van der Waals surface area (Å²) in [5.74, 6) is 0.730. The van der Waals surface area contributed by atoms with Crippen LogP contribution in [0.2, 0.25) is 0 Å². The first-order valence-electron chi connectivity index (χ1n) is 7.45. The van der Waals surface area contributed by atoms with Crippen LogP contribution >= 0.6 is 0 Å². The van der Waals surface area contributed by atoms with E-state index in [1.54, 1.807) is 0 Å². The standard InChI is InChI=1S/C16H24N2O3/c1-11-3-5-13(6-4-11)20-12(2)10-18-16(19)15-8-7-14(9-17)21-15/h3-6,12,14-15H,7-10,17H2,1-2H3,(H,18,19)/t12?,14-,15+/m1/s1. The first-order chi connectivity index (χ1) is 10.1. The first-order valence-corrected chi connectivity index (χ1v) is 7.45. The van der Waals surface area contributed by atoms with E-state index < -0.39 is 0 Å². The van der Waals surface area contributed by atoms with Crippen molar-refractivity contribution in [1.29, 1.82) is 0 Å². The third-order valence-electron chi connectivity index (χ3n) is 3.58. The zero-order chi connectivity index (χ0) is 15.2. The number of nitrogens with two attached hydrogens (primary N) is 1. The van der Waals surface area contributed by atoms with Crippen LogP contribution in [0.4, 0.5) is 0 Å². The predicted molar refractivity (Wildman–Crippen MR) is 81.2 cm³/mol. The molecule has 1 fully saturated rings. The number of ether oxygens (including phenoxy) is 2. The predicted octanol–water partition coefficient (Wildman–Crippen LogP) is 1.38. The van der Waals surface area contributed by atoms with E-state index in [1.165, 1.54) is 5.56 Å². The van der Waals surface area contributed by atoms with Crippen molar-refractivity contribution in [3.8, 4) is 5.75 Å². The molecule has 0 saturated carbocycles. The molecule has 3 N–H and O–H groups in total. The van der Waals surface area contributed by atoms with Gasteiger partial charge in [-0.3, -0.25) is 4.79 Å². The van der Waals surface area contributed by atoms with E-state index in [0.29, 0.717) is 13.1 Å². The summed E-state index contributed by atoms with van der Waals surface area (Å²) in [4.78, 5) is 12.0. The van der Waals surface area contributed by atoms with Gasteiger partial charge in [0.1, 0.15) is 18.0 Å². The van der Waals surface area contributed by atoms with Gasteiger partial charge >= 0.3 is 0 Å². The van der Waals surface area contributed by atoms with Gasteiger partial charge in [-0.2, -0.15) is 0 Å². The molecule has 3 atom stereocenters. The minimum Gasteiger partial charge on any atom is -0.489 e. The number of rotatable bonds is 6. The van der Waals surface area contributed by atoms with Crippen molar-refractivity contribution in [2.45, 2.75) is 45.0 Å². The van der Waals surface area contributed by atoms with Crippen LogP contribution in [0.5, 0.6) is 5.75 Å². The molecule has 0 bridgehead atoms. The van der Waals surface area contributed by atoms with E-state index >= 15 is 0 Å². The maximum atomic E-state index is 12.0. The Hall–Kier alpha value is -1.59. The van der Waals surface area contributed by atoms with E-state index in [-0.39, 0.29) is 24.2 Å². The van der Waals surface area contributed by atoms with E-state index in [9.17, 15) is 4.79 Å². The lowest BCUT2D eigenvalue weighted by Crippen LogP contribution is -2.40. The Kier molecular flexibility index (Phi) is 5.59. The van der Waals surface area contributed by atoms with Crippen molar-refractivity contribution in [3.05, 3.63) is 29.8 Å². The van der Waals surface area contributed by atoms with E-state index in [2.05, 4.69) is 5.32 Å². The highest BCUT2D eigenvalue weighted by Gasteiger charge is 2.29. The summed E-state index contributed by atoms with van der Waals surface area (Å²) in [5, 5.41) is 2.87. The first kappa shape index (κ1) is 15.8. The summed E-state index contributed by atoms with van der Waals surface area (Å²) in [6.45, 7) is 4.89. The molecule has 1 amide bonds. The zero-order valence-corrected chi connectivity index (χ0v) is 12.7. The number of hydrogen-bond acceptors (Lipinski definition) is 4. The van der Waals surface area contributed by atoms with Gasteiger partial charge in [0.05, 0.1) is 12.6 Å². The minimum absolute atomic E-state index is 0.0157. The molecule has 1 aliphatic rings. The Morgan fingerprint density at radius 1 is 1.43 bits per heavy atom. The van der Waals surface area contributed by atoms with Crippen molar-refractivity contribution < 1.29 is 14.3 Å². The van der Waals surface area contributed by atoms with E-state index in [4.69, 9.17) is 15.2 Å².